The molecule has 178 valence electrons. The Labute approximate surface area is 241 Å². The number of allylic oxidation sites excluding steroid dienone is 4. The molecule has 5 aromatic carbocycles. The molecular weight excluding hydrogens is 558 g/mol. The molecule has 0 nitrogen and oxygen atoms in total. The third kappa shape index (κ3) is 6.09. The summed E-state index contributed by atoms with van der Waals surface area (Å²) >= 11 is 1.46. The van der Waals surface area contributed by atoms with E-state index < -0.39 is 0 Å². The third-order valence-electron chi connectivity index (χ3n) is 6.49. The number of halogens is 2. The van der Waals surface area contributed by atoms with Crippen molar-refractivity contribution < 1.29 is 49.0 Å². The number of rotatable bonds is 4. The van der Waals surface area contributed by atoms with E-state index in [0.29, 0.717) is 5.92 Å². The summed E-state index contributed by atoms with van der Waals surface area (Å²) in [5.41, 5.74) is 5.54. The van der Waals surface area contributed by atoms with Crippen LogP contribution >= 0.6 is 0 Å². The molecule has 1 unspecified atom stereocenters. The van der Waals surface area contributed by atoms with Crippen molar-refractivity contribution >= 4 is 24.8 Å². The maximum atomic E-state index is 2.40. The summed E-state index contributed by atoms with van der Waals surface area (Å²) in [7, 11) is 0. The van der Waals surface area contributed by atoms with Crippen LogP contribution in [-0.4, -0.2) is 3.21 Å². The molecule has 5 aromatic rings. The molecule has 0 heterocycles. The molecule has 0 aromatic heterocycles. The van der Waals surface area contributed by atoms with Gasteiger partial charge in [0.15, 0.2) is 0 Å². The minimum atomic E-state index is 0. The van der Waals surface area contributed by atoms with Crippen LogP contribution in [0.1, 0.15) is 36.0 Å². The zero-order chi connectivity index (χ0) is 23.3. The Hall–Kier alpha value is -2.44. The Kier molecular flexibility index (Phi) is 10.3. The molecular formula is C33H27Cl2Zr-. The van der Waals surface area contributed by atoms with Gasteiger partial charge in [-0.3, -0.25) is 0 Å². The van der Waals surface area contributed by atoms with Crippen molar-refractivity contribution in [1.29, 1.82) is 0 Å². The Morgan fingerprint density at radius 1 is 0.722 bits per heavy atom. The first-order valence-electron chi connectivity index (χ1n) is 11.9. The van der Waals surface area contributed by atoms with Crippen molar-refractivity contribution in [2.45, 2.75) is 19.3 Å². The van der Waals surface area contributed by atoms with Gasteiger partial charge in [-0.15, -0.1) is 33.7 Å². The predicted molar refractivity (Wildman–Crippen MR) is 143 cm³/mol. The first-order chi connectivity index (χ1) is 16.7. The summed E-state index contributed by atoms with van der Waals surface area (Å²) in [6.45, 7) is 2.22. The summed E-state index contributed by atoms with van der Waals surface area (Å²) in [4.78, 5) is 0. The number of hydrogen-bond acceptors (Lipinski definition) is 0. The standard InChI is InChI=1S/C20H17.C13H10.2ClH.Zr/c1-2-14-10-11-16(12-14)18-8-5-9-19-17-7-4-3-6-15(17)13-20(18)19;1-3-7-12(8-4-1)11-13-9-5-2-6-10-13;;;/h3-13,16H,2H2,1H3;1-10H;2*1H;/q-1;;;;+2/p-2. The van der Waals surface area contributed by atoms with Gasteiger partial charge in [0, 0.05) is 0 Å². The fourth-order valence-corrected chi connectivity index (χ4v) is 5.49. The van der Waals surface area contributed by atoms with Gasteiger partial charge in [-0.2, -0.15) is 0 Å². The van der Waals surface area contributed by atoms with Crippen molar-refractivity contribution in [1.82, 2.24) is 0 Å². The van der Waals surface area contributed by atoms with E-state index in [1.54, 1.807) is 0 Å². The van der Waals surface area contributed by atoms with Crippen LogP contribution in [0.25, 0.3) is 21.5 Å². The van der Waals surface area contributed by atoms with Crippen LogP contribution in [0.15, 0.2) is 133 Å². The van der Waals surface area contributed by atoms with Crippen LogP contribution in [0.4, 0.5) is 0 Å². The van der Waals surface area contributed by atoms with Gasteiger partial charge in [-0.1, -0.05) is 72.7 Å². The van der Waals surface area contributed by atoms with Crippen LogP contribution < -0.4 is 24.8 Å². The van der Waals surface area contributed by atoms with Gasteiger partial charge in [0.1, 0.15) is 0 Å². The number of fused-ring (bicyclic) bond motifs is 3. The molecule has 0 radical (unpaired) electrons. The summed E-state index contributed by atoms with van der Waals surface area (Å²) in [5, 5.41) is 5.49. The second-order valence-corrected chi connectivity index (χ2v) is 9.86. The normalized spacial score (nSPS) is 13.9. The second-order valence-electron chi connectivity index (χ2n) is 8.63. The van der Waals surface area contributed by atoms with Crippen LogP contribution in [0, 0.1) is 0 Å². The molecule has 0 saturated carbocycles. The van der Waals surface area contributed by atoms with E-state index in [2.05, 4.69) is 134 Å². The molecule has 0 N–H and O–H groups in total. The quantitative estimate of drug-likeness (QED) is 0.285. The summed E-state index contributed by atoms with van der Waals surface area (Å²) < 4.78 is 1.42. The van der Waals surface area contributed by atoms with E-state index in [-0.39, 0.29) is 24.8 Å². The zero-order valence-electron chi connectivity index (χ0n) is 20.2. The van der Waals surface area contributed by atoms with Crippen LogP contribution in [0.5, 0.6) is 0 Å². The van der Waals surface area contributed by atoms with E-state index in [9.17, 15) is 0 Å². The van der Waals surface area contributed by atoms with E-state index in [0.717, 1.165) is 6.42 Å². The van der Waals surface area contributed by atoms with Crippen LogP contribution in [-0.2, 0) is 24.2 Å². The van der Waals surface area contributed by atoms with Crippen LogP contribution in [0.3, 0.4) is 0 Å². The molecule has 0 spiro atoms. The fraction of sp³-hybridized carbons (Fsp3) is 0.0909. The third-order valence-corrected chi connectivity index (χ3v) is 7.91. The van der Waals surface area contributed by atoms with Gasteiger partial charge in [0.25, 0.3) is 0 Å². The number of hydrogen-bond donors (Lipinski definition) is 0. The van der Waals surface area contributed by atoms with E-state index in [4.69, 9.17) is 0 Å². The molecule has 0 fully saturated rings. The average molecular weight is 586 g/mol. The average Bonchev–Trinajstić information content (AvgIpc) is 3.54. The van der Waals surface area contributed by atoms with E-state index in [1.807, 2.05) is 0 Å². The van der Waals surface area contributed by atoms with Gasteiger partial charge in [0.05, 0.1) is 0 Å². The molecule has 1 aliphatic carbocycles. The van der Waals surface area contributed by atoms with Crippen molar-refractivity contribution in [3.63, 3.8) is 0 Å². The topological polar surface area (TPSA) is 0 Å². The molecule has 6 rings (SSSR count). The van der Waals surface area contributed by atoms with Gasteiger partial charge < -0.3 is 24.8 Å². The summed E-state index contributed by atoms with van der Waals surface area (Å²) in [6.07, 6.45) is 8.11. The molecule has 0 amide bonds. The SMILES string of the molecule is CCC1=CC(c2cccc3c2[cH-]c2ccccc23)C=C1.[Cl-].[Cl-].[Zr+2]=[C](c1ccccc1)c1ccccc1. The van der Waals surface area contributed by atoms with Gasteiger partial charge >= 0.3 is 99.2 Å². The monoisotopic (exact) mass is 583 g/mol. The Balaban J connectivity index is 0.000000201. The maximum absolute atomic E-state index is 2.40. The zero-order valence-corrected chi connectivity index (χ0v) is 24.1. The summed E-state index contributed by atoms with van der Waals surface area (Å²) in [6, 6.07) is 38.8. The first kappa shape index (κ1) is 28.1. The second kappa shape index (κ2) is 13.2. The predicted octanol–water partition coefficient (Wildman–Crippen LogP) is 2.51. The van der Waals surface area contributed by atoms with Gasteiger partial charge in [-0.25, -0.2) is 0 Å². The molecule has 3 heteroatoms. The Morgan fingerprint density at radius 3 is 1.92 bits per heavy atom. The Bertz CT molecular complexity index is 1450. The summed E-state index contributed by atoms with van der Waals surface area (Å²) in [5.74, 6) is 0.436. The van der Waals surface area contributed by atoms with E-state index in [1.165, 1.54) is 71.2 Å². The Morgan fingerprint density at radius 2 is 1.31 bits per heavy atom. The number of benzene rings is 4. The van der Waals surface area contributed by atoms with Crippen molar-refractivity contribution in [2.75, 3.05) is 0 Å². The van der Waals surface area contributed by atoms with Crippen molar-refractivity contribution in [2.24, 2.45) is 0 Å². The molecule has 0 saturated heterocycles. The molecule has 1 atom stereocenters. The van der Waals surface area contributed by atoms with Crippen molar-refractivity contribution in [3.05, 3.63) is 150 Å². The van der Waals surface area contributed by atoms with E-state index >= 15 is 0 Å². The van der Waals surface area contributed by atoms with Gasteiger partial charge in [-0.05, 0) is 12.3 Å². The fourth-order valence-electron chi connectivity index (χ4n) is 4.67. The molecule has 0 bridgehead atoms. The molecule has 1 aliphatic rings. The first-order valence-corrected chi connectivity index (χ1v) is 13.1. The minimum absolute atomic E-state index is 0. The van der Waals surface area contributed by atoms with Gasteiger partial charge in [0.2, 0.25) is 0 Å². The van der Waals surface area contributed by atoms with Crippen molar-refractivity contribution in [3.8, 4) is 0 Å². The van der Waals surface area contributed by atoms with Crippen LogP contribution in [0.2, 0.25) is 0 Å². The molecule has 0 aliphatic heterocycles. The molecule has 36 heavy (non-hydrogen) atoms.